The highest BCUT2D eigenvalue weighted by Crippen LogP contribution is 2.32. The molecule has 0 radical (unpaired) electrons. The summed E-state index contributed by atoms with van der Waals surface area (Å²) in [4.78, 5) is 14.5. The second-order valence-corrected chi connectivity index (χ2v) is 8.50. The van der Waals surface area contributed by atoms with E-state index < -0.39 is 18.0 Å². The number of amides is 2. The fourth-order valence-electron chi connectivity index (χ4n) is 4.45. The van der Waals surface area contributed by atoms with Gasteiger partial charge in [-0.25, -0.2) is 13.6 Å². The SMILES string of the molecule is Cn1nccc1-c1nnc(N2CCC(NC(=O)NC3=CCC(F)C=C3F)CC2)c2ccccc12. The summed E-state index contributed by atoms with van der Waals surface area (Å²) < 4.78 is 28.8. The van der Waals surface area contributed by atoms with Crippen LogP contribution in [0.2, 0.25) is 0 Å². The minimum absolute atomic E-state index is 0.0130. The molecule has 1 saturated heterocycles. The highest BCUT2D eigenvalue weighted by Gasteiger charge is 2.25. The van der Waals surface area contributed by atoms with Crippen molar-refractivity contribution >= 4 is 22.6 Å². The molecule has 34 heavy (non-hydrogen) atoms. The van der Waals surface area contributed by atoms with Crippen molar-refractivity contribution in [2.45, 2.75) is 31.5 Å². The lowest BCUT2D eigenvalue weighted by Crippen LogP contribution is -2.48. The maximum absolute atomic E-state index is 13.8. The van der Waals surface area contributed by atoms with E-state index in [9.17, 15) is 13.6 Å². The molecule has 176 valence electrons. The Kier molecular flexibility index (Phi) is 5.95. The van der Waals surface area contributed by atoms with Gasteiger partial charge in [0.2, 0.25) is 0 Å². The Balaban J connectivity index is 1.26. The summed E-state index contributed by atoms with van der Waals surface area (Å²) in [6, 6.07) is 9.41. The summed E-state index contributed by atoms with van der Waals surface area (Å²) in [6.45, 7) is 1.38. The molecule has 0 bridgehead atoms. The molecule has 2 amide bonds. The van der Waals surface area contributed by atoms with Crippen molar-refractivity contribution in [3.8, 4) is 11.4 Å². The number of aromatic nitrogens is 4. The number of benzene rings is 1. The molecule has 0 spiro atoms. The number of fused-ring (bicyclic) bond motifs is 1. The molecule has 1 unspecified atom stereocenters. The Morgan fingerprint density at radius 1 is 1.12 bits per heavy atom. The van der Waals surface area contributed by atoms with E-state index in [1.807, 2.05) is 37.4 Å². The third-order valence-electron chi connectivity index (χ3n) is 6.24. The molecule has 5 rings (SSSR count). The number of hydrogen-bond donors (Lipinski definition) is 2. The Labute approximate surface area is 195 Å². The minimum atomic E-state index is -1.35. The molecule has 8 nitrogen and oxygen atoms in total. The predicted octanol–water partition coefficient (Wildman–Crippen LogP) is 3.78. The van der Waals surface area contributed by atoms with Gasteiger partial charge in [-0.1, -0.05) is 30.3 Å². The van der Waals surface area contributed by atoms with Crippen LogP contribution in [0.15, 0.2) is 60.2 Å². The average molecular weight is 466 g/mol. The summed E-state index contributed by atoms with van der Waals surface area (Å²) in [7, 11) is 1.88. The van der Waals surface area contributed by atoms with Gasteiger partial charge in [-0.15, -0.1) is 10.2 Å². The van der Waals surface area contributed by atoms with Gasteiger partial charge in [0, 0.05) is 49.6 Å². The van der Waals surface area contributed by atoms with E-state index in [2.05, 4.69) is 30.8 Å². The number of alkyl halides is 1. The van der Waals surface area contributed by atoms with Gasteiger partial charge in [-0.2, -0.15) is 5.10 Å². The second kappa shape index (κ2) is 9.20. The largest absolute Gasteiger partial charge is 0.354 e. The van der Waals surface area contributed by atoms with Crippen molar-refractivity contribution in [2.75, 3.05) is 18.0 Å². The molecule has 2 aromatic heterocycles. The fraction of sp³-hybridized carbons (Fsp3) is 0.333. The Morgan fingerprint density at radius 2 is 1.88 bits per heavy atom. The number of anilines is 1. The van der Waals surface area contributed by atoms with E-state index in [1.165, 1.54) is 6.08 Å². The first-order valence-corrected chi connectivity index (χ1v) is 11.3. The number of hydrogen-bond acceptors (Lipinski definition) is 5. The van der Waals surface area contributed by atoms with E-state index in [1.54, 1.807) is 10.9 Å². The standard InChI is InChI=1S/C24H25F2N7O/c1-32-21(8-11-27-32)22-17-4-2-3-5-18(17)23(31-30-22)33-12-9-16(10-13-33)28-24(34)29-20-7-6-15(25)14-19(20)26/h2-5,7-8,11,14-16H,6,9-10,12-13H2,1H3,(H2,28,29,34). The van der Waals surface area contributed by atoms with Crippen molar-refractivity contribution in [1.29, 1.82) is 0 Å². The highest BCUT2D eigenvalue weighted by molar-refractivity contribution is 5.99. The van der Waals surface area contributed by atoms with E-state index in [-0.39, 0.29) is 18.2 Å². The molecule has 1 aliphatic heterocycles. The number of nitrogens with one attached hydrogen (secondary N) is 2. The highest BCUT2D eigenvalue weighted by atomic mass is 19.1. The second-order valence-electron chi connectivity index (χ2n) is 8.50. The smallest absolute Gasteiger partial charge is 0.319 e. The molecular weight excluding hydrogens is 440 g/mol. The Morgan fingerprint density at radius 3 is 2.59 bits per heavy atom. The van der Waals surface area contributed by atoms with E-state index >= 15 is 0 Å². The number of nitrogens with zero attached hydrogens (tertiary/aromatic N) is 5. The normalized spacial score (nSPS) is 19.0. The Bertz CT molecular complexity index is 1280. The van der Waals surface area contributed by atoms with Crippen LogP contribution in [-0.4, -0.2) is 51.3 Å². The van der Waals surface area contributed by atoms with Gasteiger partial charge in [0.05, 0.1) is 11.4 Å². The molecule has 2 N–H and O–H groups in total. The monoisotopic (exact) mass is 465 g/mol. The quantitative estimate of drug-likeness (QED) is 0.612. The number of rotatable bonds is 4. The lowest BCUT2D eigenvalue weighted by atomic mass is 10.0. The van der Waals surface area contributed by atoms with Crippen LogP contribution >= 0.6 is 0 Å². The van der Waals surface area contributed by atoms with Crippen LogP contribution in [0.25, 0.3) is 22.2 Å². The summed E-state index contributed by atoms with van der Waals surface area (Å²) in [5, 5.41) is 20.7. The number of carbonyl (C=O) groups excluding carboxylic acids is 1. The van der Waals surface area contributed by atoms with Gasteiger partial charge in [-0.05, 0) is 25.0 Å². The summed E-state index contributed by atoms with van der Waals surface area (Å²) in [5.41, 5.74) is 1.69. The Hall–Kier alpha value is -3.82. The van der Waals surface area contributed by atoms with Crippen LogP contribution in [0.4, 0.5) is 19.4 Å². The molecule has 0 saturated carbocycles. The third-order valence-corrected chi connectivity index (χ3v) is 6.24. The molecule has 2 aliphatic rings. The number of aryl methyl sites for hydroxylation is 1. The van der Waals surface area contributed by atoms with E-state index in [0.717, 1.165) is 34.1 Å². The van der Waals surface area contributed by atoms with Crippen LogP contribution in [-0.2, 0) is 7.05 Å². The van der Waals surface area contributed by atoms with Crippen LogP contribution in [0.3, 0.4) is 0 Å². The van der Waals surface area contributed by atoms with E-state index in [0.29, 0.717) is 25.9 Å². The van der Waals surface area contributed by atoms with Crippen LogP contribution in [0, 0.1) is 0 Å². The van der Waals surface area contributed by atoms with Crippen molar-refractivity contribution < 1.29 is 13.6 Å². The molecule has 1 atom stereocenters. The molecule has 1 aliphatic carbocycles. The molecule has 1 aromatic carbocycles. The molecular formula is C24H25F2N7O. The lowest BCUT2D eigenvalue weighted by Gasteiger charge is -2.33. The van der Waals surface area contributed by atoms with Gasteiger partial charge >= 0.3 is 6.03 Å². The topological polar surface area (TPSA) is 88.0 Å². The maximum atomic E-state index is 13.8. The van der Waals surface area contributed by atoms with Crippen molar-refractivity contribution in [3.63, 3.8) is 0 Å². The first-order chi connectivity index (χ1) is 16.5. The number of urea groups is 1. The average Bonchev–Trinajstić information content (AvgIpc) is 3.26. The first-order valence-electron chi connectivity index (χ1n) is 11.3. The molecule has 3 aromatic rings. The van der Waals surface area contributed by atoms with Gasteiger partial charge in [0.15, 0.2) is 5.82 Å². The van der Waals surface area contributed by atoms with Gasteiger partial charge in [0.1, 0.15) is 17.7 Å². The fourth-order valence-corrected chi connectivity index (χ4v) is 4.45. The summed E-state index contributed by atoms with van der Waals surface area (Å²) in [6.07, 6.45) is 4.08. The van der Waals surface area contributed by atoms with E-state index in [4.69, 9.17) is 0 Å². The zero-order valence-electron chi connectivity index (χ0n) is 18.7. The zero-order valence-corrected chi connectivity index (χ0v) is 18.7. The van der Waals surface area contributed by atoms with Crippen LogP contribution < -0.4 is 15.5 Å². The summed E-state index contributed by atoms with van der Waals surface area (Å²) >= 11 is 0. The van der Waals surface area contributed by atoms with Crippen LogP contribution in [0.5, 0.6) is 0 Å². The predicted molar refractivity (Wildman–Crippen MR) is 125 cm³/mol. The first kappa shape index (κ1) is 22.0. The molecule has 1 fully saturated rings. The number of halogens is 2. The van der Waals surface area contributed by atoms with Gasteiger partial charge in [0.25, 0.3) is 0 Å². The van der Waals surface area contributed by atoms with Crippen molar-refractivity contribution in [2.24, 2.45) is 7.05 Å². The van der Waals surface area contributed by atoms with Crippen molar-refractivity contribution in [3.05, 3.63) is 60.2 Å². The molecule has 3 heterocycles. The number of piperidine rings is 1. The zero-order chi connectivity index (χ0) is 23.7. The molecule has 10 heteroatoms. The van der Waals surface area contributed by atoms with Crippen LogP contribution in [0.1, 0.15) is 19.3 Å². The van der Waals surface area contributed by atoms with Crippen molar-refractivity contribution in [1.82, 2.24) is 30.6 Å². The minimum Gasteiger partial charge on any atom is -0.354 e. The number of allylic oxidation sites excluding steroid dienone is 3. The van der Waals surface area contributed by atoms with Gasteiger partial charge < -0.3 is 15.5 Å². The number of carbonyl (C=O) groups is 1. The lowest BCUT2D eigenvalue weighted by molar-refractivity contribution is 0.236. The maximum Gasteiger partial charge on any atom is 0.319 e. The van der Waals surface area contributed by atoms with Gasteiger partial charge in [-0.3, -0.25) is 4.68 Å². The third kappa shape index (κ3) is 4.35. The summed E-state index contributed by atoms with van der Waals surface area (Å²) in [5.74, 6) is 0.0634.